The summed E-state index contributed by atoms with van der Waals surface area (Å²) in [5, 5.41) is 12.0. The molecular weight excluding hydrogens is 294 g/mol. The zero-order chi connectivity index (χ0) is 15.6. The summed E-state index contributed by atoms with van der Waals surface area (Å²) in [6.07, 6.45) is 2.08. The third kappa shape index (κ3) is 2.40. The summed E-state index contributed by atoms with van der Waals surface area (Å²) >= 11 is 1.49. The molecule has 0 saturated heterocycles. The first-order valence-electron chi connectivity index (χ1n) is 7.02. The maximum absolute atomic E-state index is 11.4. The van der Waals surface area contributed by atoms with E-state index in [4.69, 9.17) is 4.74 Å². The molecule has 0 saturated carbocycles. The minimum atomic E-state index is -1.24. The molecular formula is C18H17NO2S. The van der Waals surface area contributed by atoms with Crippen molar-refractivity contribution in [2.45, 2.75) is 12.0 Å². The Bertz CT molecular complexity index is 778. The van der Waals surface area contributed by atoms with Gasteiger partial charge in [0.1, 0.15) is 16.4 Å². The summed E-state index contributed by atoms with van der Waals surface area (Å²) in [6, 6.07) is 15.4. The number of para-hydroxylation sites is 2. The third-order valence-corrected chi connectivity index (χ3v) is 4.83. The van der Waals surface area contributed by atoms with Crippen LogP contribution in [0.2, 0.25) is 0 Å². The van der Waals surface area contributed by atoms with Crippen molar-refractivity contribution >= 4 is 21.6 Å². The van der Waals surface area contributed by atoms with E-state index in [1.807, 2.05) is 48.5 Å². The van der Waals surface area contributed by atoms with Crippen LogP contribution in [0.1, 0.15) is 17.0 Å². The second kappa shape index (κ2) is 5.91. The van der Waals surface area contributed by atoms with Gasteiger partial charge in [0, 0.05) is 12.0 Å². The van der Waals surface area contributed by atoms with E-state index >= 15 is 0 Å². The molecule has 1 heterocycles. The van der Waals surface area contributed by atoms with Crippen LogP contribution in [-0.4, -0.2) is 17.2 Å². The number of ether oxygens (including phenoxy) is 1. The molecule has 3 rings (SSSR count). The predicted molar refractivity (Wildman–Crippen MR) is 90.4 cm³/mol. The van der Waals surface area contributed by atoms with E-state index in [0.717, 1.165) is 10.2 Å². The predicted octanol–water partition coefficient (Wildman–Crippen LogP) is 4.12. The third-order valence-electron chi connectivity index (χ3n) is 3.64. The molecule has 1 N–H and O–H groups in total. The van der Waals surface area contributed by atoms with E-state index in [1.54, 1.807) is 13.2 Å². The lowest BCUT2D eigenvalue weighted by Crippen LogP contribution is -2.27. The SMILES string of the molecule is C=CC[C@](O)(c1nc2ccccc2s1)c1ccccc1OC. The lowest BCUT2D eigenvalue weighted by Gasteiger charge is -2.26. The van der Waals surface area contributed by atoms with Crippen LogP contribution in [0.4, 0.5) is 0 Å². The number of nitrogens with zero attached hydrogens (tertiary/aromatic N) is 1. The van der Waals surface area contributed by atoms with Crippen LogP contribution in [0.5, 0.6) is 5.75 Å². The van der Waals surface area contributed by atoms with Crippen molar-refractivity contribution in [3.8, 4) is 5.75 Å². The summed E-state index contributed by atoms with van der Waals surface area (Å²) in [6.45, 7) is 3.78. The lowest BCUT2D eigenvalue weighted by molar-refractivity contribution is 0.0811. The first kappa shape index (κ1) is 14.8. The first-order chi connectivity index (χ1) is 10.7. The van der Waals surface area contributed by atoms with Crippen LogP contribution in [0.3, 0.4) is 0 Å². The molecule has 0 aliphatic carbocycles. The monoisotopic (exact) mass is 311 g/mol. The smallest absolute Gasteiger partial charge is 0.148 e. The van der Waals surface area contributed by atoms with Crippen molar-refractivity contribution in [3.05, 3.63) is 71.8 Å². The second-order valence-electron chi connectivity index (χ2n) is 5.04. The molecule has 1 atom stereocenters. The van der Waals surface area contributed by atoms with Crippen molar-refractivity contribution in [2.75, 3.05) is 7.11 Å². The molecule has 0 aliphatic rings. The van der Waals surface area contributed by atoms with Crippen molar-refractivity contribution in [1.29, 1.82) is 0 Å². The van der Waals surface area contributed by atoms with E-state index in [0.29, 0.717) is 22.7 Å². The highest BCUT2D eigenvalue weighted by atomic mass is 32.1. The largest absolute Gasteiger partial charge is 0.496 e. The quantitative estimate of drug-likeness (QED) is 0.721. The summed E-state index contributed by atoms with van der Waals surface area (Å²) in [5.74, 6) is 0.645. The molecule has 0 bridgehead atoms. The number of hydrogen-bond donors (Lipinski definition) is 1. The van der Waals surface area contributed by atoms with Gasteiger partial charge in [-0.1, -0.05) is 36.4 Å². The zero-order valence-electron chi connectivity index (χ0n) is 12.3. The Kier molecular flexibility index (Phi) is 3.96. The molecule has 1 aromatic heterocycles. The highest BCUT2D eigenvalue weighted by Crippen LogP contribution is 2.41. The number of aliphatic hydroxyl groups is 1. The number of rotatable bonds is 5. The summed E-state index contributed by atoms with van der Waals surface area (Å²) < 4.78 is 6.47. The standard InChI is InChI=1S/C18H17NO2S/c1-3-12-18(20,13-8-4-6-10-15(13)21-2)17-19-14-9-5-7-11-16(14)22-17/h3-11,20H,1,12H2,2H3/t18-/m1/s1. The molecule has 3 nitrogen and oxygen atoms in total. The fourth-order valence-electron chi connectivity index (χ4n) is 2.56. The average Bonchev–Trinajstić information content (AvgIpc) is 2.99. The van der Waals surface area contributed by atoms with Gasteiger partial charge < -0.3 is 9.84 Å². The second-order valence-corrected chi connectivity index (χ2v) is 6.07. The highest BCUT2D eigenvalue weighted by molar-refractivity contribution is 7.18. The molecule has 3 aromatic rings. The number of hydrogen-bond acceptors (Lipinski definition) is 4. The van der Waals surface area contributed by atoms with Crippen LogP contribution in [-0.2, 0) is 5.60 Å². The molecule has 0 aliphatic heterocycles. The van der Waals surface area contributed by atoms with Crippen LogP contribution in [0.15, 0.2) is 61.2 Å². The number of methoxy groups -OCH3 is 1. The van der Waals surface area contributed by atoms with Gasteiger partial charge in [-0.2, -0.15) is 0 Å². The Hall–Kier alpha value is -2.17. The van der Waals surface area contributed by atoms with Gasteiger partial charge in [0.25, 0.3) is 0 Å². The fourth-order valence-corrected chi connectivity index (χ4v) is 3.64. The number of thiazole rings is 1. The van der Waals surface area contributed by atoms with E-state index < -0.39 is 5.60 Å². The van der Waals surface area contributed by atoms with Gasteiger partial charge in [0.05, 0.1) is 17.3 Å². The Balaban J connectivity index is 2.21. The Morgan fingerprint density at radius 1 is 1.23 bits per heavy atom. The number of fused-ring (bicyclic) bond motifs is 1. The van der Waals surface area contributed by atoms with E-state index in [2.05, 4.69) is 11.6 Å². The molecule has 0 radical (unpaired) electrons. The first-order valence-corrected chi connectivity index (χ1v) is 7.83. The van der Waals surface area contributed by atoms with Crippen molar-refractivity contribution in [1.82, 2.24) is 4.98 Å². The summed E-state index contributed by atoms with van der Waals surface area (Å²) in [5.41, 5.74) is 0.356. The van der Waals surface area contributed by atoms with Crippen LogP contribution < -0.4 is 4.74 Å². The summed E-state index contributed by atoms with van der Waals surface area (Å²) in [7, 11) is 1.60. The van der Waals surface area contributed by atoms with Gasteiger partial charge in [-0.25, -0.2) is 4.98 Å². The van der Waals surface area contributed by atoms with Crippen molar-refractivity contribution in [2.24, 2.45) is 0 Å². The zero-order valence-corrected chi connectivity index (χ0v) is 13.1. The van der Waals surface area contributed by atoms with E-state index in [9.17, 15) is 5.11 Å². The van der Waals surface area contributed by atoms with Gasteiger partial charge in [0.15, 0.2) is 0 Å². The minimum Gasteiger partial charge on any atom is -0.496 e. The lowest BCUT2D eigenvalue weighted by atomic mass is 9.90. The van der Waals surface area contributed by atoms with Gasteiger partial charge >= 0.3 is 0 Å². The normalized spacial score (nSPS) is 13.7. The summed E-state index contributed by atoms with van der Waals surface area (Å²) in [4.78, 5) is 4.62. The van der Waals surface area contributed by atoms with Gasteiger partial charge in [-0.3, -0.25) is 0 Å². The molecule has 2 aromatic carbocycles. The maximum atomic E-state index is 11.4. The Morgan fingerprint density at radius 3 is 2.68 bits per heavy atom. The molecule has 0 spiro atoms. The minimum absolute atomic E-state index is 0.368. The molecule has 0 unspecified atom stereocenters. The van der Waals surface area contributed by atoms with E-state index in [-0.39, 0.29) is 0 Å². The maximum Gasteiger partial charge on any atom is 0.148 e. The van der Waals surface area contributed by atoms with Crippen LogP contribution in [0.25, 0.3) is 10.2 Å². The number of aromatic nitrogens is 1. The molecule has 22 heavy (non-hydrogen) atoms. The molecule has 112 valence electrons. The van der Waals surface area contributed by atoms with Crippen molar-refractivity contribution < 1.29 is 9.84 Å². The van der Waals surface area contributed by atoms with E-state index in [1.165, 1.54) is 11.3 Å². The van der Waals surface area contributed by atoms with Gasteiger partial charge in [0.2, 0.25) is 0 Å². The van der Waals surface area contributed by atoms with Crippen molar-refractivity contribution in [3.63, 3.8) is 0 Å². The fraction of sp³-hybridized carbons (Fsp3) is 0.167. The number of benzene rings is 2. The van der Waals surface area contributed by atoms with Gasteiger partial charge in [-0.05, 0) is 18.2 Å². The highest BCUT2D eigenvalue weighted by Gasteiger charge is 2.36. The average molecular weight is 311 g/mol. The Morgan fingerprint density at radius 2 is 1.95 bits per heavy atom. The molecule has 0 amide bonds. The molecule has 0 fully saturated rings. The van der Waals surface area contributed by atoms with Crippen LogP contribution in [0, 0.1) is 0 Å². The van der Waals surface area contributed by atoms with Gasteiger partial charge in [-0.15, -0.1) is 17.9 Å². The topological polar surface area (TPSA) is 42.4 Å². The Labute approximate surface area is 133 Å². The molecule has 4 heteroatoms. The van der Waals surface area contributed by atoms with Crippen LogP contribution >= 0.6 is 11.3 Å².